The first-order valence-electron chi connectivity index (χ1n) is 7.75. The van der Waals surface area contributed by atoms with Crippen molar-refractivity contribution in [3.05, 3.63) is 0 Å². The van der Waals surface area contributed by atoms with E-state index in [1.807, 2.05) is 6.92 Å². The number of ketones is 1. The summed E-state index contributed by atoms with van der Waals surface area (Å²) in [6.45, 7) is 4.81. The first-order chi connectivity index (χ1) is 10.5. The van der Waals surface area contributed by atoms with Crippen LogP contribution in [-0.2, 0) is 19.2 Å². The molecular weight excluding hydrogens is 286 g/mol. The molecule has 0 saturated carbocycles. The molecule has 0 fully saturated rings. The smallest absolute Gasteiger partial charge is 0.220 e. The molecule has 126 valence electrons. The normalized spacial score (nSPS) is 9.91. The predicted octanol–water partition coefficient (Wildman–Crippen LogP) is 0.285. The van der Waals surface area contributed by atoms with E-state index in [0.717, 1.165) is 0 Å². The molecule has 7 heteroatoms. The lowest BCUT2D eigenvalue weighted by Gasteiger charge is -2.06. The summed E-state index contributed by atoms with van der Waals surface area (Å²) in [5.74, 6) is -0.279. The van der Waals surface area contributed by atoms with Gasteiger partial charge in [0, 0.05) is 45.3 Å². The molecule has 0 aliphatic heterocycles. The Morgan fingerprint density at radius 3 is 1.59 bits per heavy atom. The fraction of sp³-hybridized carbons (Fsp3) is 0.733. The zero-order chi connectivity index (χ0) is 16.8. The zero-order valence-corrected chi connectivity index (χ0v) is 13.5. The monoisotopic (exact) mass is 313 g/mol. The lowest BCUT2D eigenvalue weighted by molar-refractivity contribution is -0.125. The molecule has 3 N–H and O–H groups in total. The van der Waals surface area contributed by atoms with Crippen molar-refractivity contribution < 1.29 is 19.2 Å². The van der Waals surface area contributed by atoms with Crippen LogP contribution in [0.1, 0.15) is 52.4 Å². The molecule has 3 amide bonds. The van der Waals surface area contributed by atoms with E-state index in [1.54, 1.807) is 0 Å². The molecule has 0 aromatic heterocycles. The summed E-state index contributed by atoms with van der Waals surface area (Å²) in [6.07, 6.45) is 2.33. The van der Waals surface area contributed by atoms with Crippen LogP contribution >= 0.6 is 0 Å². The van der Waals surface area contributed by atoms with Crippen molar-refractivity contribution in [2.75, 3.05) is 19.6 Å². The second-order valence-electron chi connectivity index (χ2n) is 5.06. The van der Waals surface area contributed by atoms with Crippen molar-refractivity contribution in [2.24, 2.45) is 0 Å². The summed E-state index contributed by atoms with van der Waals surface area (Å²) >= 11 is 0. The molecule has 0 atom stereocenters. The molecule has 0 bridgehead atoms. The van der Waals surface area contributed by atoms with Gasteiger partial charge in [0.1, 0.15) is 5.78 Å². The molecule has 0 heterocycles. The Bertz CT molecular complexity index is 383. The highest BCUT2D eigenvalue weighted by molar-refractivity contribution is 5.83. The lowest BCUT2D eigenvalue weighted by atomic mass is 10.2. The van der Waals surface area contributed by atoms with Crippen molar-refractivity contribution in [2.45, 2.75) is 52.4 Å². The van der Waals surface area contributed by atoms with Crippen molar-refractivity contribution in [1.82, 2.24) is 16.0 Å². The van der Waals surface area contributed by atoms with Crippen molar-refractivity contribution in [3.8, 4) is 0 Å². The molecule has 0 spiro atoms. The standard InChI is InChI=1S/C15H27N3O4/c1-3-16-13(20)6-4-10-17-14(21)7-5-11-18-15(22)9-8-12(2)19/h3-11H2,1-2H3,(H,16,20)(H,17,21)(H,18,22). The molecule has 0 aliphatic rings. The van der Waals surface area contributed by atoms with Gasteiger partial charge in [-0.25, -0.2) is 0 Å². The van der Waals surface area contributed by atoms with Crippen LogP contribution in [0.5, 0.6) is 0 Å². The minimum atomic E-state index is -0.169. The molecule has 0 aromatic rings. The first-order valence-corrected chi connectivity index (χ1v) is 7.75. The molecule has 0 unspecified atom stereocenters. The van der Waals surface area contributed by atoms with Gasteiger partial charge in [0.25, 0.3) is 0 Å². The number of hydrogen-bond acceptors (Lipinski definition) is 4. The summed E-state index contributed by atoms with van der Waals surface area (Å²) in [5.41, 5.74) is 0. The number of rotatable bonds is 12. The highest BCUT2D eigenvalue weighted by Gasteiger charge is 2.05. The van der Waals surface area contributed by atoms with E-state index in [4.69, 9.17) is 0 Å². The second-order valence-corrected chi connectivity index (χ2v) is 5.06. The third-order valence-corrected chi connectivity index (χ3v) is 2.88. The van der Waals surface area contributed by atoms with Gasteiger partial charge in [-0.3, -0.25) is 14.4 Å². The van der Waals surface area contributed by atoms with Crippen LogP contribution in [0.4, 0.5) is 0 Å². The fourth-order valence-corrected chi connectivity index (χ4v) is 1.71. The van der Waals surface area contributed by atoms with Gasteiger partial charge in [0.2, 0.25) is 17.7 Å². The third-order valence-electron chi connectivity index (χ3n) is 2.88. The van der Waals surface area contributed by atoms with Crippen LogP contribution in [0, 0.1) is 0 Å². The van der Waals surface area contributed by atoms with Crippen LogP contribution in [0.25, 0.3) is 0 Å². The van der Waals surface area contributed by atoms with Crippen LogP contribution < -0.4 is 16.0 Å². The van der Waals surface area contributed by atoms with E-state index < -0.39 is 0 Å². The summed E-state index contributed by atoms with van der Waals surface area (Å²) in [7, 11) is 0. The SMILES string of the molecule is CCNC(=O)CCCNC(=O)CCCNC(=O)CCC(C)=O. The Labute approximate surface area is 131 Å². The quantitative estimate of drug-likeness (QED) is 0.450. The number of carbonyl (C=O) groups excluding carboxylic acids is 4. The van der Waals surface area contributed by atoms with Crippen molar-refractivity contribution >= 4 is 23.5 Å². The maximum absolute atomic E-state index is 11.5. The molecular formula is C15H27N3O4. The molecule has 0 aliphatic carbocycles. The van der Waals surface area contributed by atoms with E-state index in [9.17, 15) is 19.2 Å². The van der Waals surface area contributed by atoms with Gasteiger partial charge in [-0.05, 0) is 26.7 Å². The number of carbonyl (C=O) groups is 4. The van der Waals surface area contributed by atoms with Crippen LogP contribution in [0.3, 0.4) is 0 Å². The highest BCUT2D eigenvalue weighted by Crippen LogP contribution is 1.93. The van der Waals surface area contributed by atoms with Gasteiger partial charge in [0.15, 0.2) is 0 Å². The maximum Gasteiger partial charge on any atom is 0.220 e. The lowest BCUT2D eigenvalue weighted by Crippen LogP contribution is -2.29. The second kappa shape index (κ2) is 12.8. The Kier molecular flexibility index (Phi) is 11.7. The van der Waals surface area contributed by atoms with Crippen LogP contribution in [-0.4, -0.2) is 43.1 Å². The van der Waals surface area contributed by atoms with E-state index in [-0.39, 0.29) is 36.3 Å². The Morgan fingerprint density at radius 1 is 0.682 bits per heavy atom. The van der Waals surface area contributed by atoms with Gasteiger partial charge < -0.3 is 20.7 Å². The Balaban J connectivity index is 3.48. The summed E-state index contributed by atoms with van der Waals surface area (Å²) in [6, 6.07) is 0. The van der Waals surface area contributed by atoms with E-state index in [2.05, 4.69) is 16.0 Å². The predicted molar refractivity (Wildman–Crippen MR) is 83.1 cm³/mol. The molecule has 0 radical (unpaired) electrons. The summed E-state index contributed by atoms with van der Waals surface area (Å²) < 4.78 is 0. The molecule has 0 rings (SSSR count). The summed E-state index contributed by atoms with van der Waals surface area (Å²) in [4.78, 5) is 44.7. The number of Topliss-reactive ketones (excluding diaryl/α,β-unsaturated/α-hetero) is 1. The van der Waals surface area contributed by atoms with E-state index in [0.29, 0.717) is 45.3 Å². The zero-order valence-electron chi connectivity index (χ0n) is 13.5. The topological polar surface area (TPSA) is 104 Å². The fourth-order valence-electron chi connectivity index (χ4n) is 1.71. The molecule has 22 heavy (non-hydrogen) atoms. The van der Waals surface area contributed by atoms with E-state index in [1.165, 1.54) is 6.92 Å². The average Bonchev–Trinajstić information content (AvgIpc) is 2.46. The van der Waals surface area contributed by atoms with Gasteiger partial charge in [-0.1, -0.05) is 0 Å². The Hall–Kier alpha value is -1.92. The Morgan fingerprint density at radius 2 is 1.14 bits per heavy atom. The maximum atomic E-state index is 11.5. The number of hydrogen-bond donors (Lipinski definition) is 3. The minimum Gasteiger partial charge on any atom is -0.356 e. The van der Waals surface area contributed by atoms with Crippen LogP contribution in [0.15, 0.2) is 0 Å². The van der Waals surface area contributed by atoms with Crippen LogP contribution in [0.2, 0.25) is 0 Å². The van der Waals surface area contributed by atoms with Gasteiger partial charge in [-0.2, -0.15) is 0 Å². The number of amides is 3. The first kappa shape index (κ1) is 20.1. The molecule has 0 aromatic carbocycles. The van der Waals surface area contributed by atoms with Gasteiger partial charge in [-0.15, -0.1) is 0 Å². The van der Waals surface area contributed by atoms with E-state index >= 15 is 0 Å². The highest BCUT2D eigenvalue weighted by atomic mass is 16.2. The minimum absolute atomic E-state index is 0.00924. The summed E-state index contributed by atoms with van der Waals surface area (Å²) in [5, 5.41) is 8.09. The van der Waals surface area contributed by atoms with Crippen molar-refractivity contribution in [3.63, 3.8) is 0 Å². The largest absolute Gasteiger partial charge is 0.356 e. The molecule has 0 saturated heterocycles. The molecule has 7 nitrogen and oxygen atoms in total. The average molecular weight is 313 g/mol. The van der Waals surface area contributed by atoms with Crippen molar-refractivity contribution in [1.29, 1.82) is 0 Å². The third kappa shape index (κ3) is 13.1. The van der Waals surface area contributed by atoms with Gasteiger partial charge in [0.05, 0.1) is 0 Å². The number of nitrogens with one attached hydrogen (secondary N) is 3. The van der Waals surface area contributed by atoms with Gasteiger partial charge >= 0.3 is 0 Å².